The van der Waals surface area contributed by atoms with Gasteiger partial charge in [-0.1, -0.05) is 6.42 Å². The number of amides is 1. The molecule has 1 aliphatic heterocycles. The molecule has 3 atom stereocenters. The Morgan fingerprint density at radius 3 is 2.83 bits per heavy atom. The molecule has 2 N–H and O–H groups in total. The Hall–Kier alpha value is -2.02. The Morgan fingerprint density at radius 2 is 2.17 bits per heavy atom. The third-order valence-corrected chi connectivity index (χ3v) is 5.44. The highest BCUT2D eigenvalue weighted by molar-refractivity contribution is 5.94. The third-order valence-electron chi connectivity index (χ3n) is 5.44. The molecule has 130 valence electrons. The lowest BCUT2D eigenvalue weighted by molar-refractivity contribution is -0.149. The van der Waals surface area contributed by atoms with Gasteiger partial charge in [-0.2, -0.15) is 0 Å². The first-order chi connectivity index (χ1) is 11.3. The van der Waals surface area contributed by atoms with Crippen molar-refractivity contribution >= 4 is 17.6 Å². The predicted octanol–water partition coefficient (Wildman–Crippen LogP) is 2.48. The maximum absolute atomic E-state index is 13.7. The number of carbonyl (C=O) groups is 2. The molecule has 1 amide bonds. The summed E-state index contributed by atoms with van der Waals surface area (Å²) in [6.45, 7) is 2.50. The predicted molar refractivity (Wildman–Crippen MR) is 83.4 cm³/mol. The summed E-state index contributed by atoms with van der Waals surface area (Å²) in [5.41, 5.74) is -0.988. The molecule has 2 aliphatic rings. The van der Waals surface area contributed by atoms with E-state index in [-0.39, 0.29) is 11.6 Å². The molecule has 1 saturated heterocycles. The summed E-state index contributed by atoms with van der Waals surface area (Å²) in [7, 11) is 0. The molecule has 1 aromatic carbocycles. The molecule has 0 bridgehead atoms. The Labute approximate surface area is 138 Å². The van der Waals surface area contributed by atoms with Crippen LogP contribution in [0.4, 0.5) is 14.5 Å². The van der Waals surface area contributed by atoms with E-state index < -0.39 is 35.0 Å². The van der Waals surface area contributed by atoms with Crippen LogP contribution in [0, 0.1) is 23.0 Å². The molecule has 0 aromatic heterocycles. The first-order valence-corrected chi connectivity index (χ1v) is 8.07. The molecule has 0 radical (unpaired) electrons. The zero-order valence-electron chi connectivity index (χ0n) is 13.4. The molecule has 7 heteroatoms. The maximum Gasteiger partial charge on any atom is 0.311 e. The second-order valence-corrected chi connectivity index (χ2v) is 6.77. The van der Waals surface area contributed by atoms with Crippen LogP contribution in [-0.2, 0) is 9.59 Å². The molecule has 1 heterocycles. The van der Waals surface area contributed by atoms with Crippen LogP contribution in [0.25, 0.3) is 0 Å². The highest BCUT2D eigenvalue weighted by atomic mass is 19.1. The Balaban J connectivity index is 1.71. The van der Waals surface area contributed by atoms with E-state index in [1.807, 2.05) is 4.90 Å². The highest BCUT2D eigenvalue weighted by Crippen LogP contribution is 2.49. The van der Waals surface area contributed by atoms with E-state index in [2.05, 4.69) is 5.32 Å². The van der Waals surface area contributed by atoms with E-state index in [4.69, 9.17) is 0 Å². The number of carboxylic acid groups (broad SMARTS) is 1. The number of hydrogen-bond donors (Lipinski definition) is 2. The van der Waals surface area contributed by atoms with Gasteiger partial charge in [0.1, 0.15) is 11.6 Å². The molecule has 1 aromatic rings. The number of halogens is 2. The van der Waals surface area contributed by atoms with Gasteiger partial charge in [-0.15, -0.1) is 0 Å². The number of carbonyl (C=O) groups excluding carboxylic acids is 1. The molecule has 1 aliphatic carbocycles. The van der Waals surface area contributed by atoms with Gasteiger partial charge < -0.3 is 10.4 Å². The largest absolute Gasteiger partial charge is 0.481 e. The van der Waals surface area contributed by atoms with Gasteiger partial charge in [-0.3, -0.25) is 14.5 Å². The molecule has 0 spiro atoms. The summed E-state index contributed by atoms with van der Waals surface area (Å²) >= 11 is 0. The van der Waals surface area contributed by atoms with Crippen LogP contribution in [-0.4, -0.2) is 41.0 Å². The number of hydrogen-bond acceptors (Lipinski definition) is 3. The van der Waals surface area contributed by atoms with E-state index in [0.717, 1.165) is 31.0 Å². The van der Waals surface area contributed by atoms with Crippen molar-refractivity contribution in [3.05, 3.63) is 29.8 Å². The lowest BCUT2D eigenvalue weighted by Crippen LogP contribution is -2.43. The number of rotatable bonds is 4. The number of nitrogens with zero attached hydrogens (tertiary/aromatic N) is 1. The van der Waals surface area contributed by atoms with Crippen LogP contribution < -0.4 is 5.32 Å². The third kappa shape index (κ3) is 2.77. The van der Waals surface area contributed by atoms with E-state index in [1.54, 1.807) is 6.92 Å². The standard InChI is InChI=1S/C17H20F2N2O3/c1-10(15(22)20-14-7-12(18)4-5-13(14)19)21-8-11-3-2-6-17(11,9-21)16(23)24/h4-5,7,10-11H,2-3,6,8-9H2,1H3,(H,20,22)(H,23,24)/t10?,11-,17+/m0/s1. The van der Waals surface area contributed by atoms with Crippen LogP contribution >= 0.6 is 0 Å². The average molecular weight is 338 g/mol. The fourth-order valence-electron chi connectivity index (χ4n) is 3.97. The van der Waals surface area contributed by atoms with E-state index in [0.29, 0.717) is 19.5 Å². The number of fused-ring (bicyclic) bond motifs is 1. The molecule has 24 heavy (non-hydrogen) atoms. The van der Waals surface area contributed by atoms with Gasteiger partial charge in [0.25, 0.3) is 0 Å². The summed E-state index contributed by atoms with van der Waals surface area (Å²) in [5, 5.41) is 12.0. The van der Waals surface area contributed by atoms with Gasteiger partial charge in [0, 0.05) is 19.2 Å². The minimum atomic E-state index is -0.809. The van der Waals surface area contributed by atoms with Crippen LogP contribution in [0.15, 0.2) is 18.2 Å². The zero-order chi connectivity index (χ0) is 17.5. The fraction of sp³-hybridized carbons (Fsp3) is 0.529. The monoisotopic (exact) mass is 338 g/mol. The van der Waals surface area contributed by atoms with Gasteiger partial charge in [0.05, 0.1) is 17.1 Å². The van der Waals surface area contributed by atoms with Gasteiger partial charge in [0.2, 0.25) is 5.91 Å². The summed E-state index contributed by atoms with van der Waals surface area (Å²) in [5.74, 6) is -2.59. The first-order valence-electron chi connectivity index (χ1n) is 8.07. The van der Waals surface area contributed by atoms with Crippen molar-refractivity contribution in [1.29, 1.82) is 0 Å². The zero-order valence-corrected chi connectivity index (χ0v) is 13.4. The summed E-state index contributed by atoms with van der Waals surface area (Å²) in [6, 6.07) is 2.24. The first kappa shape index (κ1) is 16.8. The van der Waals surface area contributed by atoms with Crippen LogP contribution in [0.2, 0.25) is 0 Å². The average Bonchev–Trinajstić information content (AvgIpc) is 3.08. The van der Waals surface area contributed by atoms with Gasteiger partial charge in [0.15, 0.2) is 0 Å². The molecular formula is C17H20F2N2O3. The van der Waals surface area contributed by atoms with Crippen molar-refractivity contribution in [2.24, 2.45) is 11.3 Å². The molecular weight excluding hydrogens is 318 g/mol. The molecule has 2 fully saturated rings. The lowest BCUT2D eigenvalue weighted by Gasteiger charge is -2.26. The maximum atomic E-state index is 13.7. The number of likely N-dealkylation sites (tertiary alicyclic amines) is 1. The Kier molecular flexibility index (Phi) is 4.29. The number of nitrogens with one attached hydrogen (secondary N) is 1. The Morgan fingerprint density at radius 1 is 1.42 bits per heavy atom. The van der Waals surface area contributed by atoms with E-state index in [9.17, 15) is 23.5 Å². The van der Waals surface area contributed by atoms with Crippen molar-refractivity contribution in [2.75, 3.05) is 18.4 Å². The minimum absolute atomic E-state index is 0.0381. The number of anilines is 1. The number of carboxylic acids is 1. The molecule has 1 unspecified atom stereocenters. The quantitative estimate of drug-likeness (QED) is 0.885. The molecule has 1 saturated carbocycles. The normalized spacial score (nSPS) is 27.7. The number of benzene rings is 1. The highest BCUT2D eigenvalue weighted by Gasteiger charge is 2.55. The molecule has 5 nitrogen and oxygen atoms in total. The van der Waals surface area contributed by atoms with Gasteiger partial charge in [-0.25, -0.2) is 8.78 Å². The van der Waals surface area contributed by atoms with E-state index >= 15 is 0 Å². The van der Waals surface area contributed by atoms with Crippen LogP contribution in [0.5, 0.6) is 0 Å². The van der Waals surface area contributed by atoms with E-state index in [1.165, 1.54) is 0 Å². The summed E-state index contributed by atoms with van der Waals surface area (Å²) < 4.78 is 26.9. The van der Waals surface area contributed by atoms with Crippen molar-refractivity contribution in [3.8, 4) is 0 Å². The van der Waals surface area contributed by atoms with Crippen molar-refractivity contribution in [1.82, 2.24) is 4.90 Å². The minimum Gasteiger partial charge on any atom is -0.481 e. The lowest BCUT2D eigenvalue weighted by atomic mass is 9.81. The number of aliphatic carboxylic acids is 1. The van der Waals surface area contributed by atoms with Crippen LogP contribution in [0.3, 0.4) is 0 Å². The molecule has 3 rings (SSSR count). The fourth-order valence-corrected chi connectivity index (χ4v) is 3.97. The van der Waals surface area contributed by atoms with Gasteiger partial charge >= 0.3 is 5.97 Å². The van der Waals surface area contributed by atoms with Crippen molar-refractivity contribution in [2.45, 2.75) is 32.2 Å². The second-order valence-electron chi connectivity index (χ2n) is 6.77. The van der Waals surface area contributed by atoms with Crippen molar-refractivity contribution in [3.63, 3.8) is 0 Å². The smallest absolute Gasteiger partial charge is 0.311 e. The Bertz CT molecular complexity index is 682. The second kappa shape index (κ2) is 6.12. The summed E-state index contributed by atoms with van der Waals surface area (Å²) in [4.78, 5) is 25.9. The van der Waals surface area contributed by atoms with Crippen molar-refractivity contribution < 1.29 is 23.5 Å². The summed E-state index contributed by atoms with van der Waals surface area (Å²) in [6.07, 6.45) is 2.35. The van der Waals surface area contributed by atoms with Crippen LogP contribution in [0.1, 0.15) is 26.2 Å². The topological polar surface area (TPSA) is 69.6 Å². The SMILES string of the molecule is CC(C(=O)Nc1cc(F)ccc1F)N1C[C@@H]2CCC[C@@]2(C(=O)O)C1. The van der Waals surface area contributed by atoms with Gasteiger partial charge in [-0.05, 0) is 37.8 Å².